The van der Waals surface area contributed by atoms with Crippen molar-refractivity contribution in [2.75, 3.05) is 13.2 Å². The predicted octanol–water partition coefficient (Wildman–Crippen LogP) is 14.5. The molecule has 0 spiro atoms. The fourth-order valence-electron chi connectivity index (χ4n) is 12.1. The second-order valence-electron chi connectivity index (χ2n) is 19.5. The lowest BCUT2D eigenvalue weighted by Gasteiger charge is -2.58. The van der Waals surface area contributed by atoms with E-state index in [1.165, 1.54) is 76.7 Å². The number of carbonyl (C=O) groups is 1. The Balaban J connectivity index is 0.920. The highest BCUT2D eigenvalue weighted by molar-refractivity contribution is 5.69. The van der Waals surface area contributed by atoms with E-state index in [1.807, 2.05) is 0 Å². The molecule has 0 aromatic heterocycles. The van der Waals surface area contributed by atoms with Gasteiger partial charge in [0.1, 0.15) is 11.9 Å². The van der Waals surface area contributed by atoms with Crippen LogP contribution in [0.2, 0.25) is 0 Å². The Bertz CT molecular complexity index is 1630. The lowest BCUT2D eigenvalue weighted by Crippen LogP contribution is -2.51. The highest BCUT2D eigenvalue weighted by Crippen LogP contribution is 2.67. The van der Waals surface area contributed by atoms with Crippen molar-refractivity contribution in [3.63, 3.8) is 0 Å². The zero-order valence-corrected chi connectivity index (χ0v) is 36.3. The van der Waals surface area contributed by atoms with Crippen molar-refractivity contribution in [2.24, 2.45) is 46.3 Å². The van der Waals surface area contributed by atoms with Crippen LogP contribution in [0.3, 0.4) is 0 Å². The standard InChI is InChI=1S/C51H74F2O4/c1-7-8-9-10-11-12-32-56-46-27-24-41(48(52)49(46)53)37-18-21-39(22-19-37)55-33-14-17-47(54)57-40-28-30-50(5)38(34-40)20-23-42-44-26-25-43(36(4)16-13-15-35(2)3)51(44,6)31-29-45(42)50/h18-22,24,27,35-36,40,42-45H,7-17,23,25-26,28-34H2,1-6H3/t36-,40+,42+,43-,44+,45+,50+,51-/m1/s1. The van der Waals surface area contributed by atoms with Gasteiger partial charge < -0.3 is 14.2 Å². The summed E-state index contributed by atoms with van der Waals surface area (Å²) >= 11 is 0. The summed E-state index contributed by atoms with van der Waals surface area (Å²) in [4.78, 5) is 13.0. The number of hydrogen-bond acceptors (Lipinski definition) is 4. The second-order valence-corrected chi connectivity index (χ2v) is 19.5. The molecule has 0 aliphatic heterocycles. The average molecular weight is 789 g/mol. The number of hydrogen-bond donors (Lipinski definition) is 0. The first-order valence-electron chi connectivity index (χ1n) is 23.2. The molecule has 3 saturated carbocycles. The summed E-state index contributed by atoms with van der Waals surface area (Å²) in [6, 6.07) is 10.0. The molecule has 8 atom stereocenters. The summed E-state index contributed by atoms with van der Waals surface area (Å²) in [6.07, 6.45) is 23.9. The molecular weight excluding hydrogens is 715 g/mol. The minimum absolute atomic E-state index is 0.0376. The zero-order chi connectivity index (χ0) is 40.6. The van der Waals surface area contributed by atoms with Gasteiger partial charge in [-0.05, 0) is 134 Å². The molecule has 316 valence electrons. The predicted molar refractivity (Wildman–Crippen MR) is 228 cm³/mol. The van der Waals surface area contributed by atoms with E-state index in [2.05, 4.69) is 47.6 Å². The number of rotatable bonds is 20. The summed E-state index contributed by atoms with van der Waals surface area (Å²) in [5, 5.41) is 0. The summed E-state index contributed by atoms with van der Waals surface area (Å²) < 4.78 is 47.4. The third-order valence-electron chi connectivity index (χ3n) is 15.3. The Labute approximate surface area is 344 Å². The van der Waals surface area contributed by atoms with E-state index >= 15 is 4.39 Å². The number of benzene rings is 2. The van der Waals surface area contributed by atoms with E-state index in [0.717, 1.165) is 74.0 Å². The summed E-state index contributed by atoms with van der Waals surface area (Å²) in [5.41, 5.74) is 3.03. The third kappa shape index (κ3) is 10.3. The van der Waals surface area contributed by atoms with E-state index in [4.69, 9.17) is 14.2 Å². The number of carbonyl (C=O) groups excluding carboxylic acids is 1. The molecule has 0 heterocycles. The van der Waals surface area contributed by atoms with E-state index in [1.54, 1.807) is 35.9 Å². The van der Waals surface area contributed by atoms with Gasteiger partial charge in [-0.1, -0.05) is 117 Å². The van der Waals surface area contributed by atoms with Gasteiger partial charge in [-0.25, -0.2) is 4.39 Å². The first kappa shape index (κ1) is 43.7. The first-order chi connectivity index (χ1) is 27.4. The molecule has 0 N–H and O–H groups in total. The largest absolute Gasteiger partial charge is 0.494 e. The first-order valence-corrected chi connectivity index (χ1v) is 23.2. The van der Waals surface area contributed by atoms with E-state index in [-0.39, 0.29) is 28.8 Å². The van der Waals surface area contributed by atoms with Crippen LogP contribution in [0.1, 0.15) is 164 Å². The van der Waals surface area contributed by atoms with Crippen molar-refractivity contribution >= 4 is 5.97 Å². The maximum absolute atomic E-state index is 15.0. The van der Waals surface area contributed by atoms with Gasteiger partial charge in [-0.2, -0.15) is 4.39 Å². The van der Waals surface area contributed by atoms with Crippen molar-refractivity contribution in [1.29, 1.82) is 0 Å². The Kier molecular flexibility index (Phi) is 15.3. The fourth-order valence-corrected chi connectivity index (χ4v) is 12.1. The molecule has 2 aromatic carbocycles. The average Bonchev–Trinajstić information content (AvgIpc) is 3.55. The second kappa shape index (κ2) is 19.9. The Morgan fingerprint density at radius 3 is 2.32 bits per heavy atom. The smallest absolute Gasteiger partial charge is 0.306 e. The number of unbranched alkanes of at least 4 members (excludes halogenated alkanes) is 5. The molecule has 0 radical (unpaired) electrons. The van der Waals surface area contributed by atoms with E-state index in [0.29, 0.717) is 42.8 Å². The van der Waals surface area contributed by atoms with Gasteiger partial charge in [-0.3, -0.25) is 4.79 Å². The Morgan fingerprint density at radius 2 is 1.54 bits per heavy atom. The van der Waals surface area contributed by atoms with Gasteiger partial charge in [0, 0.05) is 18.4 Å². The van der Waals surface area contributed by atoms with Gasteiger partial charge in [0.25, 0.3) is 0 Å². The molecule has 0 amide bonds. The van der Waals surface area contributed by atoms with Crippen LogP contribution in [0.25, 0.3) is 11.1 Å². The van der Waals surface area contributed by atoms with Crippen molar-refractivity contribution in [1.82, 2.24) is 0 Å². The third-order valence-corrected chi connectivity index (χ3v) is 15.3. The Morgan fingerprint density at radius 1 is 0.789 bits per heavy atom. The van der Waals surface area contributed by atoms with Crippen LogP contribution in [0.5, 0.6) is 11.5 Å². The number of ether oxygens (including phenoxy) is 3. The van der Waals surface area contributed by atoms with Gasteiger partial charge in [0.2, 0.25) is 5.82 Å². The van der Waals surface area contributed by atoms with Crippen LogP contribution in [-0.4, -0.2) is 25.3 Å². The van der Waals surface area contributed by atoms with Crippen LogP contribution >= 0.6 is 0 Å². The van der Waals surface area contributed by atoms with Crippen molar-refractivity contribution in [3.05, 3.63) is 59.7 Å². The van der Waals surface area contributed by atoms with Crippen LogP contribution in [0.4, 0.5) is 8.78 Å². The van der Waals surface area contributed by atoms with Gasteiger partial charge in [-0.15, -0.1) is 0 Å². The number of fused-ring (bicyclic) bond motifs is 5. The molecule has 6 heteroatoms. The molecule has 2 aromatic rings. The van der Waals surface area contributed by atoms with Gasteiger partial charge >= 0.3 is 5.97 Å². The van der Waals surface area contributed by atoms with E-state index < -0.39 is 11.6 Å². The van der Waals surface area contributed by atoms with Crippen LogP contribution in [-0.2, 0) is 9.53 Å². The molecule has 4 aliphatic rings. The maximum atomic E-state index is 15.0. The minimum atomic E-state index is -0.955. The van der Waals surface area contributed by atoms with Crippen LogP contribution in [0, 0.1) is 58.0 Å². The monoisotopic (exact) mass is 789 g/mol. The quantitative estimate of drug-likeness (QED) is 0.0761. The van der Waals surface area contributed by atoms with Gasteiger partial charge in [0.15, 0.2) is 11.6 Å². The maximum Gasteiger partial charge on any atom is 0.306 e. The molecular formula is C51H74F2O4. The lowest BCUT2D eigenvalue weighted by molar-refractivity contribution is -0.151. The number of esters is 1. The topological polar surface area (TPSA) is 44.8 Å². The number of allylic oxidation sites excluding steroid dienone is 1. The molecule has 3 fully saturated rings. The Hall–Kier alpha value is -2.89. The van der Waals surface area contributed by atoms with Crippen LogP contribution in [0.15, 0.2) is 48.0 Å². The van der Waals surface area contributed by atoms with Crippen molar-refractivity contribution in [2.45, 2.75) is 170 Å². The molecule has 57 heavy (non-hydrogen) atoms. The lowest BCUT2D eigenvalue weighted by atomic mass is 9.47. The fraction of sp³-hybridized carbons (Fsp3) is 0.706. The van der Waals surface area contributed by atoms with E-state index in [9.17, 15) is 9.18 Å². The normalized spacial score (nSPS) is 28.6. The van der Waals surface area contributed by atoms with Crippen LogP contribution < -0.4 is 9.47 Å². The summed E-state index contributed by atoms with van der Waals surface area (Å²) in [7, 11) is 0. The molecule has 0 saturated heterocycles. The van der Waals surface area contributed by atoms with Crippen molar-refractivity contribution < 1.29 is 27.8 Å². The number of halogens is 2. The highest BCUT2D eigenvalue weighted by atomic mass is 19.2. The minimum Gasteiger partial charge on any atom is -0.494 e. The highest BCUT2D eigenvalue weighted by Gasteiger charge is 2.59. The molecule has 4 nitrogen and oxygen atoms in total. The molecule has 4 aliphatic carbocycles. The molecule has 0 bridgehead atoms. The summed E-state index contributed by atoms with van der Waals surface area (Å²) in [5.74, 6) is 3.48. The molecule has 6 rings (SSSR count). The SMILES string of the molecule is CCCCCCCCOc1ccc(-c2ccc(OCCCC(=O)O[C@H]3CC[C@@]4(C)C(=CC[C@H]5[C@@H]6CC[C@H]([C@H](C)CCCC(C)C)[C@@]6(C)CC[C@@H]54)C3)cc2)c(F)c1F. The molecule has 0 unspecified atom stereocenters. The van der Waals surface area contributed by atoms with Gasteiger partial charge in [0.05, 0.1) is 13.2 Å². The zero-order valence-electron chi connectivity index (χ0n) is 36.3. The summed E-state index contributed by atoms with van der Waals surface area (Å²) in [6.45, 7) is 15.4. The van der Waals surface area contributed by atoms with Crippen molar-refractivity contribution in [3.8, 4) is 22.6 Å².